The van der Waals surface area contributed by atoms with Gasteiger partial charge in [0.25, 0.3) is 0 Å². The van der Waals surface area contributed by atoms with Crippen LogP contribution >= 0.6 is 0 Å². The Morgan fingerprint density at radius 1 is 1.45 bits per heavy atom. The Hall–Kier alpha value is -2.31. The number of nitrogens with one attached hydrogen (secondary N) is 2. The van der Waals surface area contributed by atoms with Crippen molar-refractivity contribution in [2.24, 2.45) is 7.05 Å². The molecule has 3 rings (SSSR count). The van der Waals surface area contributed by atoms with Gasteiger partial charge in [-0.25, -0.2) is 4.68 Å². The normalized spacial score (nSPS) is 13.6. The van der Waals surface area contributed by atoms with Gasteiger partial charge in [0.05, 0.1) is 11.9 Å². The molecular formula is C15H22N6O. The van der Waals surface area contributed by atoms with Gasteiger partial charge in [-0.3, -0.25) is 9.48 Å². The molecule has 1 aliphatic heterocycles. The van der Waals surface area contributed by atoms with Gasteiger partial charge in [-0.15, -0.1) is 0 Å². The summed E-state index contributed by atoms with van der Waals surface area (Å²) in [5.74, 6) is 0.916. The molecule has 7 heteroatoms. The van der Waals surface area contributed by atoms with Crippen molar-refractivity contribution in [2.75, 3.05) is 17.2 Å². The number of hydrogen-bond donors (Lipinski definition) is 2. The van der Waals surface area contributed by atoms with E-state index in [1.165, 1.54) is 0 Å². The minimum absolute atomic E-state index is 0.00539. The molecule has 2 N–H and O–H groups in total. The van der Waals surface area contributed by atoms with E-state index >= 15 is 0 Å². The Kier molecular flexibility index (Phi) is 3.87. The molecule has 0 radical (unpaired) electrons. The van der Waals surface area contributed by atoms with E-state index in [1.54, 1.807) is 6.20 Å². The zero-order chi connectivity index (χ0) is 15.7. The topological polar surface area (TPSA) is 76.8 Å². The number of fused-ring (bicyclic) bond motifs is 1. The minimum Gasteiger partial charge on any atom is -0.368 e. The van der Waals surface area contributed by atoms with E-state index in [2.05, 4.69) is 20.8 Å². The molecule has 0 atom stereocenters. The summed E-state index contributed by atoms with van der Waals surface area (Å²) in [5.41, 5.74) is 4.05. The number of anilines is 2. The fourth-order valence-corrected chi connectivity index (χ4v) is 2.90. The third-order valence-corrected chi connectivity index (χ3v) is 4.21. The molecule has 0 saturated heterocycles. The molecule has 0 bridgehead atoms. The summed E-state index contributed by atoms with van der Waals surface area (Å²) in [4.78, 5) is 12.2. The third kappa shape index (κ3) is 2.70. The van der Waals surface area contributed by atoms with E-state index in [0.717, 1.165) is 48.0 Å². The molecule has 0 unspecified atom stereocenters. The Balaban J connectivity index is 1.62. The molecule has 0 aliphatic carbocycles. The molecule has 2 aromatic rings. The monoisotopic (exact) mass is 302 g/mol. The number of nitrogens with zero attached hydrogens (tertiary/aromatic N) is 4. The summed E-state index contributed by atoms with van der Waals surface area (Å²) >= 11 is 0. The standard InChI is InChI=1S/C15H22N6O/c1-10-12(11(2)20(3)19-10)5-6-14(22)18-13-9-17-21-8-4-7-16-15(13)21/h9,16H,4-8H2,1-3H3,(H,18,22). The van der Waals surface area contributed by atoms with Crippen LogP contribution in [0.1, 0.15) is 29.8 Å². The Morgan fingerprint density at radius 3 is 3.00 bits per heavy atom. The summed E-state index contributed by atoms with van der Waals surface area (Å²) in [6.07, 6.45) is 3.92. The molecule has 1 amide bonds. The van der Waals surface area contributed by atoms with Gasteiger partial charge < -0.3 is 10.6 Å². The maximum atomic E-state index is 12.2. The maximum absolute atomic E-state index is 12.2. The number of aryl methyl sites for hydroxylation is 3. The van der Waals surface area contributed by atoms with Crippen molar-refractivity contribution in [2.45, 2.75) is 39.7 Å². The predicted octanol–water partition coefficient (Wildman–Crippen LogP) is 1.62. The average Bonchev–Trinajstić information content (AvgIpc) is 3.00. The van der Waals surface area contributed by atoms with Crippen LogP contribution < -0.4 is 10.6 Å². The van der Waals surface area contributed by atoms with Crippen molar-refractivity contribution in [3.63, 3.8) is 0 Å². The second kappa shape index (κ2) is 5.82. The van der Waals surface area contributed by atoms with Gasteiger partial charge in [-0.1, -0.05) is 0 Å². The first-order valence-electron chi connectivity index (χ1n) is 7.65. The fourth-order valence-electron chi connectivity index (χ4n) is 2.90. The van der Waals surface area contributed by atoms with Gasteiger partial charge in [-0.05, 0) is 32.3 Å². The number of rotatable bonds is 4. The molecule has 0 saturated carbocycles. The van der Waals surface area contributed by atoms with Gasteiger partial charge in [0.1, 0.15) is 11.5 Å². The quantitative estimate of drug-likeness (QED) is 0.900. The van der Waals surface area contributed by atoms with Crippen LogP contribution in [0.5, 0.6) is 0 Å². The predicted molar refractivity (Wildman–Crippen MR) is 85.0 cm³/mol. The molecule has 118 valence electrons. The van der Waals surface area contributed by atoms with E-state index in [-0.39, 0.29) is 5.91 Å². The summed E-state index contributed by atoms with van der Waals surface area (Å²) in [6.45, 7) is 5.83. The zero-order valence-corrected chi connectivity index (χ0v) is 13.3. The van der Waals surface area contributed by atoms with Crippen LogP contribution in [-0.2, 0) is 24.8 Å². The van der Waals surface area contributed by atoms with Gasteiger partial charge in [0.15, 0.2) is 0 Å². The Labute approximate surface area is 129 Å². The Morgan fingerprint density at radius 2 is 2.27 bits per heavy atom. The molecule has 22 heavy (non-hydrogen) atoms. The molecule has 0 fully saturated rings. The van der Waals surface area contributed by atoms with Crippen LogP contribution in [0.2, 0.25) is 0 Å². The van der Waals surface area contributed by atoms with Gasteiger partial charge in [0, 0.05) is 32.3 Å². The summed E-state index contributed by atoms with van der Waals surface area (Å²) in [7, 11) is 1.93. The van der Waals surface area contributed by atoms with E-state index in [0.29, 0.717) is 12.8 Å². The highest BCUT2D eigenvalue weighted by atomic mass is 16.1. The van der Waals surface area contributed by atoms with Gasteiger partial charge in [0.2, 0.25) is 5.91 Å². The lowest BCUT2D eigenvalue weighted by molar-refractivity contribution is -0.116. The summed E-state index contributed by atoms with van der Waals surface area (Å²) in [5, 5.41) is 14.9. The second-order valence-electron chi connectivity index (χ2n) is 5.73. The molecule has 2 aromatic heterocycles. The van der Waals surface area contributed by atoms with E-state index < -0.39 is 0 Å². The highest BCUT2D eigenvalue weighted by Crippen LogP contribution is 2.24. The lowest BCUT2D eigenvalue weighted by Gasteiger charge is -2.17. The van der Waals surface area contributed by atoms with E-state index in [1.807, 2.05) is 30.3 Å². The van der Waals surface area contributed by atoms with Crippen molar-refractivity contribution in [3.05, 3.63) is 23.1 Å². The van der Waals surface area contributed by atoms with Crippen LogP contribution in [0, 0.1) is 13.8 Å². The zero-order valence-electron chi connectivity index (χ0n) is 13.3. The fraction of sp³-hybridized carbons (Fsp3) is 0.533. The molecule has 7 nitrogen and oxygen atoms in total. The molecule has 3 heterocycles. The van der Waals surface area contributed by atoms with Crippen molar-refractivity contribution in [1.29, 1.82) is 0 Å². The smallest absolute Gasteiger partial charge is 0.224 e. The van der Waals surface area contributed by atoms with Crippen molar-refractivity contribution in [1.82, 2.24) is 19.6 Å². The highest BCUT2D eigenvalue weighted by molar-refractivity contribution is 5.93. The summed E-state index contributed by atoms with van der Waals surface area (Å²) < 4.78 is 3.76. The van der Waals surface area contributed by atoms with Crippen LogP contribution in [0.3, 0.4) is 0 Å². The SMILES string of the molecule is Cc1nn(C)c(C)c1CCC(=O)Nc1cnn2c1NCCC2. The molecule has 0 spiro atoms. The number of carbonyl (C=O) groups is 1. The molecular weight excluding hydrogens is 280 g/mol. The number of amides is 1. The average molecular weight is 302 g/mol. The lowest BCUT2D eigenvalue weighted by Crippen LogP contribution is -2.19. The lowest BCUT2D eigenvalue weighted by atomic mass is 10.1. The second-order valence-corrected chi connectivity index (χ2v) is 5.73. The largest absolute Gasteiger partial charge is 0.368 e. The van der Waals surface area contributed by atoms with E-state index in [4.69, 9.17) is 0 Å². The third-order valence-electron chi connectivity index (χ3n) is 4.21. The van der Waals surface area contributed by atoms with Crippen molar-refractivity contribution >= 4 is 17.4 Å². The minimum atomic E-state index is 0.00539. The highest BCUT2D eigenvalue weighted by Gasteiger charge is 2.17. The number of carbonyl (C=O) groups excluding carboxylic acids is 1. The Bertz CT molecular complexity index is 699. The molecule has 0 aromatic carbocycles. The van der Waals surface area contributed by atoms with Gasteiger partial charge >= 0.3 is 0 Å². The number of hydrogen-bond acceptors (Lipinski definition) is 4. The van der Waals surface area contributed by atoms with Crippen molar-refractivity contribution < 1.29 is 4.79 Å². The van der Waals surface area contributed by atoms with Crippen LogP contribution in [0.4, 0.5) is 11.5 Å². The molecule has 1 aliphatic rings. The van der Waals surface area contributed by atoms with Gasteiger partial charge in [-0.2, -0.15) is 10.2 Å². The van der Waals surface area contributed by atoms with Crippen LogP contribution in [0.15, 0.2) is 6.20 Å². The van der Waals surface area contributed by atoms with Crippen molar-refractivity contribution in [3.8, 4) is 0 Å². The first-order valence-corrected chi connectivity index (χ1v) is 7.65. The summed E-state index contributed by atoms with van der Waals surface area (Å²) in [6, 6.07) is 0. The van der Waals surface area contributed by atoms with Crippen LogP contribution in [-0.4, -0.2) is 32.0 Å². The number of aromatic nitrogens is 4. The maximum Gasteiger partial charge on any atom is 0.224 e. The first kappa shape index (κ1) is 14.6. The van der Waals surface area contributed by atoms with Crippen LogP contribution in [0.25, 0.3) is 0 Å². The van der Waals surface area contributed by atoms with E-state index in [9.17, 15) is 4.79 Å². The first-order chi connectivity index (χ1) is 10.6.